The summed E-state index contributed by atoms with van der Waals surface area (Å²) < 4.78 is 14.1. The van der Waals surface area contributed by atoms with Gasteiger partial charge in [-0.3, -0.25) is 0 Å². The summed E-state index contributed by atoms with van der Waals surface area (Å²) in [6.07, 6.45) is 0. The predicted octanol–water partition coefficient (Wildman–Crippen LogP) is 7.02. The topological polar surface area (TPSA) is 23.4 Å². The quantitative estimate of drug-likeness (QED) is 0.239. The lowest BCUT2D eigenvalue weighted by atomic mass is 9.45. The number of ether oxygens (including phenoxy) is 2. The number of hydrogen-bond donors (Lipinski definition) is 0. The van der Waals surface area contributed by atoms with Gasteiger partial charge in [0.1, 0.15) is 11.5 Å². The molecule has 7 rings (SSSR count). The molecule has 0 atom stereocenters. The number of benzene rings is 4. The molecule has 0 bridgehead atoms. The van der Waals surface area contributed by atoms with Gasteiger partial charge >= 0.3 is 6.85 Å². The van der Waals surface area contributed by atoms with Crippen LogP contribution in [-0.4, -0.2) is 25.5 Å². The Morgan fingerprint density at radius 1 is 0.553 bits per heavy atom. The minimum atomic E-state index is 0.0313. The third-order valence-electron chi connectivity index (χ3n) is 8.67. The average molecular weight is 499 g/mol. The first-order valence-corrected chi connectivity index (χ1v) is 13.5. The first-order chi connectivity index (χ1) is 18.0. The molecule has 0 unspecified atom stereocenters. The predicted molar refractivity (Wildman–Crippen MR) is 161 cm³/mol. The zero-order valence-electron chi connectivity index (χ0n) is 23.6. The van der Waals surface area contributed by atoms with E-state index in [9.17, 15) is 0 Å². The molecule has 0 spiro atoms. The van der Waals surface area contributed by atoms with Gasteiger partial charge in [0.05, 0.1) is 14.2 Å². The summed E-state index contributed by atoms with van der Waals surface area (Å²) >= 11 is 0. The molecule has 4 heteroatoms. The van der Waals surface area contributed by atoms with Crippen molar-refractivity contribution in [2.75, 3.05) is 14.2 Å². The molecular weight excluding hydrogens is 465 g/mol. The minimum absolute atomic E-state index is 0.0313. The van der Waals surface area contributed by atoms with Crippen LogP contribution in [0.5, 0.6) is 11.5 Å². The van der Waals surface area contributed by atoms with Crippen LogP contribution in [0.25, 0.3) is 44.1 Å². The molecule has 190 valence electrons. The summed E-state index contributed by atoms with van der Waals surface area (Å²) in [4.78, 5) is 0. The molecular formula is C34H34BNO2. The second-order valence-corrected chi connectivity index (χ2v) is 13.0. The summed E-state index contributed by atoms with van der Waals surface area (Å²) in [5.74, 6) is 1.77. The highest BCUT2D eigenvalue weighted by Gasteiger charge is 2.41. The van der Waals surface area contributed by atoms with Crippen LogP contribution < -0.4 is 20.4 Å². The van der Waals surface area contributed by atoms with Gasteiger partial charge in [0.2, 0.25) is 0 Å². The van der Waals surface area contributed by atoms with Gasteiger partial charge in [-0.05, 0) is 92.5 Å². The number of methoxy groups -OCH3 is 2. The molecule has 4 aromatic carbocycles. The number of fused-ring (bicyclic) bond motifs is 7. The summed E-state index contributed by atoms with van der Waals surface area (Å²) in [6, 6.07) is 23.0. The fourth-order valence-electron chi connectivity index (χ4n) is 6.57. The van der Waals surface area contributed by atoms with E-state index in [2.05, 4.69) is 107 Å². The second-order valence-electron chi connectivity index (χ2n) is 13.0. The molecule has 0 amide bonds. The van der Waals surface area contributed by atoms with Crippen LogP contribution in [0.2, 0.25) is 0 Å². The van der Waals surface area contributed by atoms with Gasteiger partial charge in [-0.25, -0.2) is 0 Å². The monoisotopic (exact) mass is 499 g/mol. The van der Waals surface area contributed by atoms with Crippen molar-refractivity contribution in [2.45, 2.75) is 52.4 Å². The molecule has 38 heavy (non-hydrogen) atoms. The van der Waals surface area contributed by atoms with Crippen molar-refractivity contribution >= 4 is 39.6 Å². The Balaban J connectivity index is 1.75. The van der Waals surface area contributed by atoms with E-state index in [4.69, 9.17) is 9.47 Å². The lowest BCUT2D eigenvalue weighted by Crippen LogP contribution is -2.53. The smallest absolute Gasteiger partial charge is 0.329 e. The lowest BCUT2D eigenvalue weighted by molar-refractivity contribution is 0.415. The van der Waals surface area contributed by atoms with E-state index in [0.717, 1.165) is 11.5 Å². The number of aromatic nitrogens is 1. The van der Waals surface area contributed by atoms with E-state index in [-0.39, 0.29) is 17.7 Å². The summed E-state index contributed by atoms with van der Waals surface area (Å²) in [6.45, 7) is 13.9. The molecule has 2 aliphatic rings. The molecule has 2 aliphatic heterocycles. The maximum absolute atomic E-state index is 5.75. The van der Waals surface area contributed by atoms with Crippen LogP contribution in [0.4, 0.5) is 0 Å². The standard InChI is InChI=1S/C34H34BNO2/c1-33(2,3)19-13-25-23-11-9-21(37-7)17-29(23)35-30-18-22(38-8)10-12-24(30)26-14-20(34(4,5)6)16-28-27(15-19)31(25)36(35)32(26)28/h9-18H,1-8H3. The van der Waals surface area contributed by atoms with Crippen molar-refractivity contribution in [2.24, 2.45) is 0 Å². The largest absolute Gasteiger partial charge is 0.497 e. The van der Waals surface area contributed by atoms with E-state index >= 15 is 0 Å². The summed E-state index contributed by atoms with van der Waals surface area (Å²) in [5, 5.41) is 2.70. The fourth-order valence-corrected chi connectivity index (χ4v) is 6.57. The Bertz CT molecular complexity index is 1680. The maximum Gasteiger partial charge on any atom is 0.329 e. The minimum Gasteiger partial charge on any atom is -0.497 e. The highest BCUT2D eigenvalue weighted by molar-refractivity contribution is 6.88. The first-order valence-electron chi connectivity index (χ1n) is 13.5. The Hall–Kier alpha value is -3.66. The van der Waals surface area contributed by atoms with E-state index < -0.39 is 0 Å². The van der Waals surface area contributed by atoms with Crippen molar-refractivity contribution in [1.29, 1.82) is 0 Å². The summed E-state index contributed by atoms with van der Waals surface area (Å²) in [7, 11) is 3.51. The van der Waals surface area contributed by atoms with Crippen molar-refractivity contribution < 1.29 is 9.47 Å². The van der Waals surface area contributed by atoms with Crippen molar-refractivity contribution in [3.8, 4) is 33.8 Å². The molecule has 3 nitrogen and oxygen atoms in total. The van der Waals surface area contributed by atoms with Gasteiger partial charge in [0.15, 0.2) is 0 Å². The van der Waals surface area contributed by atoms with Gasteiger partial charge in [0.25, 0.3) is 0 Å². The lowest BCUT2D eigenvalue weighted by Gasteiger charge is -2.34. The molecule has 0 saturated carbocycles. The number of nitrogens with zero attached hydrogens (tertiary/aromatic N) is 1. The summed E-state index contributed by atoms with van der Waals surface area (Å²) in [5.41, 5.74) is 13.2. The average Bonchev–Trinajstić information content (AvgIpc) is 3.22. The third-order valence-corrected chi connectivity index (χ3v) is 8.67. The zero-order valence-corrected chi connectivity index (χ0v) is 23.6. The Morgan fingerprint density at radius 2 is 0.974 bits per heavy atom. The Labute approximate surface area is 225 Å². The van der Waals surface area contributed by atoms with Gasteiger partial charge in [-0.2, -0.15) is 0 Å². The van der Waals surface area contributed by atoms with Crippen molar-refractivity contribution in [1.82, 2.24) is 4.48 Å². The van der Waals surface area contributed by atoms with E-state index in [0.29, 0.717) is 0 Å². The molecule has 0 N–H and O–H groups in total. The van der Waals surface area contributed by atoms with Gasteiger partial charge in [-0.1, -0.05) is 53.7 Å². The molecule has 1 aromatic heterocycles. The van der Waals surface area contributed by atoms with Crippen LogP contribution in [0.3, 0.4) is 0 Å². The van der Waals surface area contributed by atoms with E-state index in [1.54, 1.807) is 14.2 Å². The van der Waals surface area contributed by atoms with Crippen LogP contribution in [0.1, 0.15) is 52.7 Å². The number of rotatable bonds is 2. The Kier molecular flexibility index (Phi) is 4.61. The molecule has 5 aromatic rings. The van der Waals surface area contributed by atoms with Crippen molar-refractivity contribution in [3.05, 3.63) is 71.8 Å². The SMILES string of the molecule is COc1ccc2c(c1)B1c3cc(OC)ccc3-c3cc(C(C)(C)C)cc4c5cc(C(C)(C)C)cc-2c5n1c34. The van der Waals surface area contributed by atoms with Crippen LogP contribution >= 0.6 is 0 Å². The van der Waals surface area contributed by atoms with Crippen molar-refractivity contribution in [3.63, 3.8) is 0 Å². The number of hydrogen-bond acceptors (Lipinski definition) is 2. The van der Waals surface area contributed by atoms with Crippen LogP contribution in [-0.2, 0) is 10.8 Å². The third kappa shape index (κ3) is 3.03. The molecule has 0 saturated heterocycles. The normalized spacial score (nSPS) is 13.7. The second kappa shape index (κ2) is 7.47. The Morgan fingerprint density at radius 3 is 1.34 bits per heavy atom. The van der Waals surface area contributed by atoms with Gasteiger partial charge < -0.3 is 14.0 Å². The highest BCUT2D eigenvalue weighted by Crippen LogP contribution is 2.48. The van der Waals surface area contributed by atoms with E-state index in [1.165, 1.54) is 66.1 Å². The zero-order chi connectivity index (χ0) is 26.7. The molecule has 0 radical (unpaired) electrons. The highest BCUT2D eigenvalue weighted by atomic mass is 16.5. The van der Waals surface area contributed by atoms with E-state index in [1.807, 2.05) is 0 Å². The molecule has 0 fully saturated rings. The van der Waals surface area contributed by atoms with Gasteiger partial charge in [-0.15, -0.1) is 0 Å². The van der Waals surface area contributed by atoms with Crippen LogP contribution in [0, 0.1) is 0 Å². The molecule has 3 heterocycles. The van der Waals surface area contributed by atoms with Crippen LogP contribution in [0.15, 0.2) is 60.7 Å². The maximum atomic E-state index is 5.75. The van der Waals surface area contributed by atoms with Gasteiger partial charge in [0, 0.05) is 32.9 Å². The first kappa shape index (κ1) is 23.5. The molecule has 0 aliphatic carbocycles. The fraction of sp³-hybridized carbons (Fsp3) is 0.294.